The van der Waals surface area contributed by atoms with Crippen LogP contribution >= 0.6 is 0 Å². The maximum atomic E-state index is 11.7. The van der Waals surface area contributed by atoms with Gasteiger partial charge in [-0.05, 0) is 89.4 Å². The van der Waals surface area contributed by atoms with Crippen molar-refractivity contribution in [2.75, 3.05) is 45.8 Å². The van der Waals surface area contributed by atoms with Gasteiger partial charge >= 0.3 is 0 Å². The standard InChI is InChI=1S/C21H37N3O/c25-21-7-4-13-24(21)16-10-18-8-14-22(15-9-18)17-19-5-3-12-23-11-2-1-6-20(19)23/h18-20H,1-17H2/t19-,20+/m0/s1. The van der Waals surface area contributed by atoms with Gasteiger partial charge in [-0.25, -0.2) is 0 Å². The molecule has 4 aliphatic heterocycles. The second-order valence-electron chi connectivity index (χ2n) is 9.02. The van der Waals surface area contributed by atoms with Gasteiger partial charge in [-0.3, -0.25) is 4.79 Å². The summed E-state index contributed by atoms with van der Waals surface area (Å²) in [5.41, 5.74) is 0. The first-order chi connectivity index (χ1) is 12.3. The first-order valence-corrected chi connectivity index (χ1v) is 11.0. The Morgan fingerprint density at radius 2 is 1.68 bits per heavy atom. The lowest BCUT2D eigenvalue weighted by Gasteiger charge is -2.46. The molecule has 0 unspecified atom stereocenters. The van der Waals surface area contributed by atoms with Crippen LogP contribution in [0.2, 0.25) is 0 Å². The van der Waals surface area contributed by atoms with E-state index in [1.165, 1.54) is 84.1 Å². The summed E-state index contributed by atoms with van der Waals surface area (Å²) < 4.78 is 0. The number of amides is 1. The second kappa shape index (κ2) is 8.39. The van der Waals surface area contributed by atoms with Gasteiger partial charge in [-0.1, -0.05) is 6.42 Å². The Morgan fingerprint density at radius 1 is 0.840 bits per heavy atom. The predicted molar refractivity (Wildman–Crippen MR) is 102 cm³/mol. The molecule has 25 heavy (non-hydrogen) atoms. The smallest absolute Gasteiger partial charge is 0.222 e. The molecule has 0 saturated carbocycles. The van der Waals surface area contributed by atoms with Crippen molar-refractivity contribution in [2.45, 2.75) is 70.3 Å². The molecule has 4 fully saturated rings. The molecule has 0 radical (unpaired) electrons. The van der Waals surface area contributed by atoms with E-state index in [0.29, 0.717) is 5.91 Å². The maximum absolute atomic E-state index is 11.7. The van der Waals surface area contributed by atoms with Crippen LogP contribution in [0.15, 0.2) is 0 Å². The second-order valence-corrected chi connectivity index (χ2v) is 9.02. The van der Waals surface area contributed by atoms with Gasteiger partial charge in [0.2, 0.25) is 5.91 Å². The number of hydrogen-bond donors (Lipinski definition) is 0. The Bertz CT molecular complexity index is 444. The van der Waals surface area contributed by atoms with Crippen molar-refractivity contribution in [1.29, 1.82) is 0 Å². The van der Waals surface area contributed by atoms with Crippen LogP contribution in [0.4, 0.5) is 0 Å². The van der Waals surface area contributed by atoms with Crippen LogP contribution in [0, 0.1) is 11.8 Å². The van der Waals surface area contributed by atoms with Crippen molar-refractivity contribution >= 4 is 5.91 Å². The van der Waals surface area contributed by atoms with Gasteiger partial charge in [0, 0.05) is 32.1 Å². The molecule has 0 N–H and O–H groups in total. The third-order valence-electron chi connectivity index (χ3n) is 7.41. The molecule has 2 atom stereocenters. The Labute approximate surface area is 153 Å². The molecule has 0 aromatic heterocycles. The molecule has 1 amide bonds. The molecule has 4 saturated heterocycles. The molecule has 0 aromatic rings. The number of fused-ring (bicyclic) bond motifs is 1. The van der Waals surface area contributed by atoms with Crippen LogP contribution in [-0.4, -0.2) is 72.5 Å². The highest BCUT2D eigenvalue weighted by molar-refractivity contribution is 5.77. The molecule has 4 heteroatoms. The largest absolute Gasteiger partial charge is 0.343 e. The normalized spacial score (nSPS) is 33.0. The van der Waals surface area contributed by atoms with E-state index in [1.807, 2.05) is 0 Å². The zero-order valence-electron chi connectivity index (χ0n) is 16.0. The lowest BCUT2D eigenvalue weighted by atomic mass is 9.82. The van der Waals surface area contributed by atoms with E-state index in [9.17, 15) is 4.79 Å². The van der Waals surface area contributed by atoms with E-state index in [2.05, 4.69) is 14.7 Å². The molecular formula is C21H37N3O. The van der Waals surface area contributed by atoms with Gasteiger partial charge < -0.3 is 14.7 Å². The zero-order valence-corrected chi connectivity index (χ0v) is 16.0. The molecule has 0 bridgehead atoms. The zero-order chi connectivity index (χ0) is 17.1. The summed E-state index contributed by atoms with van der Waals surface area (Å²) in [6.45, 7) is 8.68. The van der Waals surface area contributed by atoms with E-state index in [1.54, 1.807) is 0 Å². The highest BCUT2D eigenvalue weighted by Crippen LogP contribution is 2.32. The summed E-state index contributed by atoms with van der Waals surface area (Å²) in [5.74, 6) is 2.17. The van der Waals surface area contributed by atoms with Crippen molar-refractivity contribution in [1.82, 2.24) is 14.7 Å². The van der Waals surface area contributed by atoms with E-state index in [-0.39, 0.29) is 0 Å². The first-order valence-electron chi connectivity index (χ1n) is 11.0. The summed E-state index contributed by atoms with van der Waals surface area (Å²) >= 11 is 0. The molecule has 142 valence electrons. The molecule has 4 rings (SSSR count). The minimum atomic E-state index is 0.395. The highest BCUT2D eigenvalue weighted by Gasteiger charge is 2.34. The van der Waals surface area contributed by atoms with Gasteiger partial charge in [0.25, 0.3) is 0 Å². The molecule has 4 nitrogen and oxygen atoms in total. The summed E-state index contributed by atoms with van der Waals surface area (Å²) in [6, 6.07) is 0.890. The van der Waals surface area contributed by atoms with E-state index >= 15 is 0 Å². The third kappa shape index (κ3) is 4.39. The third-order valence-corrected chi connectivity index (χ3v) is 7.41. The SMILES string of the molecule is O=C1CCCN1CCC1CCN(C[C@@H]2CCCN3CCCC[C@H]23)CC1. The van der Waals surface area contributed by atoms with Crippen molar-refractivity contribution in [3.8, 4) is 0 Å². The first kappa shape index (κ1) is 17.8. The molecule has 0 spiro atoms. The van der Waals surface area contributed by atoms with Crippen molar-refractivity contribution in [3.63, 3.8) is 0 Å². The number of nitrogens with zero attached hydrogens (tertiary/aromatic N) is 3. The number of carbonyl (C=O) groups excluding carboxylic acids is 1. The molecular weight excluding hydrogens is 310 g/mol. The number of piperidine rings is 3. The number of carbonyl (C=O) groups is 1. The average molecular weight is 348 g/mol. The van der Waals surface area contributed by atoms with Gasteiger partial charge in [0.05, 0.1) is 0 Å². The minimum Gasteiger partial charge on any atom is -0.343 e. The Morgan fingerprint density at radius 3 is 2.48 bits per heavy atom. The molecule has 0 aliphatic carbocycles. The van der Waals surface area contributed by atoms with Crippen LogP contribution in [0.5, 0.6) is 0 Å². The monoisotopic (exact) mass is 347 g/mol. The van der Waals surface area contributed by atoms with E-state index in [0.717, 1.165) is 43.8 Å². The molecule has 4 heterocycles. The Kier molecular flexibility index (Phi) is 5.97. The van der Waals surface area contributed by atoms with Crippen LogP contribution in [0.25, 0.3) is 0 Å². The van der Waals surface area contributed by atoms with Crippen molar-refractivity contribution in [2.24, 2.45) is 11.8 Å². The van der Waals surface area contributed by atoms with Crippen LogP contribution in [0.3, 0.4) is 0 Å². The van der Waals surface area contributed by atoms with Gasteiger partial charge in [-0.15, -0.1) is 0 Å². The summed E-state index contributed by atoms with van der Waals surface area (Å²) in [4.78, 5) is 19.4. The predicted octanol–water partition coefficient (Wildman–Crippen LogP) is 2.98. The van der Waals surface area contributed by atoms with Crippen LogP contribution in [-0.2, 0) is 4.79 Å². The van der Waals surface area contributed by atoms with Crippen molar-refractivity contribution in [3.05, 3.63) is 0 Å². The number of hydrogen-bond acceptors (Lipinski definition) is 3. The minimum absolute atomic E-state index is 0.395. The van der Waals surface area contributed by atoms with Crippen molar-refractivity contribution < 1.29 is 4.79 Å². The van der Waals surface area contributed by atoms with E-state index in [4.69, 9.17) is 0 Å². The van der Waals surface area contributed by atoms with Gasteiger partial charge in [-0.2, -0.15) is 0 Å². The lowest BCUT2D eigenvalue weighted by Crippen LogP contribution is -2.51. The molecule has 0 aromatic carbocycles. The summed E-state index contributed by atoms with van der Waals surface area (Å²) in [6.07, 6.45) is 13.0. The van der Waals surface area contributed by atoms with Crippen LogP contribution in [0.1, 0.15) is 64.2 Å². The fourth-order valence-electron chi connectivity index (χ4n) is 5.86. The number of rotatable bonds is 5. The lowest BCUT2D eigenvalue weighted by molar-refractivity contribution is -0.127. The average Bonchev–Trinajstić information content (AvgIpc) is 3.06. The van der Waals surface area contributed by atoms with Gasteiger partial charge in [0.15, 0.2) is 0 Å². The Hall–Kier alpha value is -0.610. The summed E-state index contributed by atoms with van der Waals surface area (Å²) in [5, 5.41) is 0. The summed E-state index contributed by atoms with van der Waals surface area (Å²) in [7, 11) is 0. The maximum Gasteiger partial charge on any atom is 0.222 e. The number of likely N-dealkylation sites (tertiary alicyclic amines) is 2. The van der Waals surface area contributed by atoms with Crippen LogP contribution < -0.4 is 0 Å². The quantitative estimate of drug-likeness (QED) is 0.765. The fraction of sp³-hybridized carbons (Fsp3) is 0.952. The van der Waals surface area contributed by atoms with Gasteiger partial charge in [0.1, 0.15) is 0 Å². The highest BCUT2D eigenvalue weighted by atomic mass is 16.2. The Balaban J connectivity index is 1.19. The topological polar surface area (TPSA) is 26.8 Å². The fourth-order valence-corrected chi connectivity index (χ4v) is 5.86. The molecule has 4 aliphatic rings. The van der Waals surface area contributed by atoms with E-state index < -0.39 is 0 Å².